The van der Waals surface area contributed by atoms with E-state index in [1.807, 2.05) is 23.6 Å². The van der Waals surface area contributed by atoms with Crippen LogP contribution < -0.4 is 9.73 Å². The molecule has 0 aliphatic carbocycles. The summed E-state index contributed by atoms with van der Waals surface area (Å²) >= 11 is 0. The minimum absolute atomic E-state index is 0.0557. The third-order valence-electron chi connectivity index (χ3n) is 5.84. The van der Waals surface area contributed by atoms with Gasteiger partial charge >= 0.3 is 0 Å². The molecule has 11 heteroatoms. The number of carbonyl (C=O) groups is 1. The van der Waals surface area contributed by atoms with Crippen molar-refractivity contribution in [3.05, 3.63) is 64.2 Å². The van der Waals surface area contributed by atoms with E-state index in [2.05, 4.69) is 9.93 Å². The van der Waals surface area contributed by atoms with Crippen molar-refractivity contribution in [2.75, 3.05) is 31.1 Å². The molecular weight excluding hydrogens is 458 g/mol. The number of piperidine rings is 1. The molecule has 0 bridgehead atoms. The molecule has 1 atom stereocenters. The van der Waals surface area contributed by atoms with E-state index < -0.39 is 14.9 Å². The zero-order valence-electron chi connectivity index (χ0n) is 19.3. The van der Waals surface area contributed by atoms with Gasteiger partial charge in [0.15, 0.2) is 0 Å². The van der Waals surface area contributed by atoms with Crippen LogP contribution in [0.15, 0.2) is 58.5 Å². The number of nitrogens with zero attached hydrogens (tertiary/aromatic N) is 4. The molecule has 10 nitrogen and oxygen atoms in total. The van der Waals surface area contributed by atoms with Crippen molar-refractivity contribution >= 4 is 33.5 Å². The molecule has 2 aromatic rings. The van der Waals surface area contributed by atoms with Crippen LogP contribution in [0.5, 0.6) is 0 Å². The first-order valence-corrected chi connectivity index (χ1v) is 12.7. The van der Waals surface area contributed by atoms with Gasteiger partial charge in [-0.3, -0.25) is 14.9 Å². The smallest absolute Gasteiger partial charge is 0.276 e. The van der Waals surface area contributed by atoms with Crippen LogP contribution in [0, 0.1) is 16.0 Å². The second kappa shape index (κ2) is 11.1. The number of nitrogens with one attached hydrogen (secondary N) is 1. The van der Waals surface area contributed by atoms with E-state index in [0.717, 1.165) is 12.8 Å². The highest BCUT2D eigenvalue weighted by molar-refractivity contribution is 7.89. The lowest BCUT2D eigenvalue weighted by atomic mass is 9.95. The van der Waals surface area contributed by atoms with Gasteiger partial charge in [0.1, 0.15) is 0 Å². The highest BCUT2D eigenvalue weighted by Gasteiger charge is 2.29. The van der Waals surface area contributed by atoms with Gasteiger partial charge in [-0.15, -0.1) is 0 Å². The second-order valence-electron chi connectivity index (χ2n) is 7.96. The molecule has 3 rings (SSSR count). The maximum absolute atomic E-state index is 12.9. The fourth-order valence-corrected chi connectivity index (χ4v) is 4.87. The predicted octanol–water partition coefficient (Wildman–Crippen LogP) is 2.99. The van der Waals surface area contributed by atoms with E-state index in [-0.39, 0.29) is 22.4 Å². The Morgan fingerprint density at radius 1 is 1.24 bits per heavy atom. The number of amides is 1. The summed E-state index contributed by atoms with van der Waals surface area (Å²) in [6, 6.07) is 12.2. The minimum Gasteiger partial charge on any atom is -0.370 e. The number of hydrazone groups is 1. The van der Waals surface area contributed by atoms with Crippen LogP contribution in [0.4, 0.5) is 11.4 Å². The third kappa shape index (κ3) is 5.90. The molecule has 2 aromatic carbocycles. The molecule has 1 amide bonds. The Balaban J connectivity index is 1.86. The number of rotatable bonds is 9. The number of carbonyl (C=O) groups excluding carboxylic acids is 1. The van der Waals surface area contributed by atoms with Gasteiger partial charge in [-0.25, -0.2) is 4.83 Å². The van der Waals surface area contributed by atoms with Crippen molar-refractivity contribution in [1.29, 1.82) is 0 Å². The molecular formula is C23H29N5O5S. The van der Waals surface area contributed by atoms with E-state index >= 15 is 0 Å². The normalized spacial score (nSPS) is 16.4. The number of benzene rings is 2. The minimum atomic E-state index is -3.88. The van der Waals surface area contributed by atoms with Crippen molar-refractivity contribution in [1.82, 2.24) is 9.73 Å². The van der Waals surface area contributed by atoms with Crippen molar-refractivity contribution < 1.29 is 18.1 Å². The quantitative estimate of drug-likeness (QED) is 0.329. The molecule has 182 valence electrons. The van der Waals surface area contributed by atoms with Gasteiger partial charge in [0.05, 0.1) is 22.0 Å². The molecule has 1 aliphatic heterocycles. The van der Waals surface area contributed by atoms with E-state index in [0.29, 0.717) is 37.4 Å². The number of nitro benzene ring substituents is 1. The number of sulfonamides is 1. The largest absolute Gasteiger partial charge is 0.370 e. The van der Waals surface area contributed by atoms with Crippen LogP contribution in [0.25, 0.3) is 0 Å². The lowest BCUT2D eigenvalue weighted by molar-refractivity contribution is -0.384. The predicted molar refractivity (Wildman–Crippen MR) is 130 cm³/mol. The van der Waals surface area contributed by atoms with Gasteiger partial charge in [0.25, 0.3) is 15.7 Å². The summed E-state index contributed by atoms with van der Waals surface area (Å²) in [6.45, 7) is 6.33. The van der Waals surface area contributed by atoms with Crippen molar-refractivity contribution in [3.8, 4) is 0 Å². The van der Waals surface area contributed by atoms with E-state index in [9.17, 15) is 23.3 Å². The molecule has 0 unspecified atom stereocenters. The van der Waals surface area contributed by atoms with Crippen molar-refractivity contribution in [2.24, 2.45) is 11.0 Å². The molecule has 34 heavy (non-hydrogen) atoms. The van der Waals surface area contributed by atoms with Crippen molar-refractivity contribution in [3.63, 3.8) is 0 Å². The molecule has 0 radical (unpaired) electrons. The van der Waals surface area contributed by atoms with Crippen LogP contribution in [0.3, 0.4) is 0 Å². The summed E-state index contributed by atoms with van der Waals surface area (Å²) in [5.74, 6) is -0.0762. The summed E-state index contributed by atoms with van der Waals surface area (Å²) in [5.41, 5.74) is 0.912. The zero-order valence-corrected chi connectivity index (χ0v) is 20.1. The second-order valence-corrected chi connectivity index (χ2v) is 9.62. The fourth-order valence-electron chi connectivity index (χ4n) is 4.06. The van der Waals surface area contributed by atoms with Crippen LogP contribution >= 0.6 is 0 Å². The number of non-ortho nitro benzene ring substituents is 1. The monoisotopic (exact) mass is 487 g/mol. The summed E-state index contributed by atoms with van der Waals surface area (Å²) in [7, 11) is -3.88. The third-order valence-corrected chi connectivity index (χ3v) is 7.08. The SMILES string of the molecule is CCN(CC)C(=O)[C@@H]1CCCN(c2ccc([N+](=O)[O-])cc2C=NNS(=O)(=O)c2ccccc2)C1. The van der Waals surface area contributed by atoms with Crippen LogP contribution in [-0.4, -0.2) is 56.5 Å². The Bertz CT molecular complexity index is 1150. The standard InChI is InChI=1S/C23H29N5O5S/c1-3-26(4-2)23(29)18-9-8-14-27(17-18)22-13-12-20(28(30)31)15-19(22)16-24-25-34(32,33)21-10-6-5-7-11-21/h5-7,10-13,15-16,18,25H,3-4,8-9,14,17H2,1-2H3/t18-/m1/s1. The van der Waals surface area contributed by atoms with E-state index in [4.69, 9.17) is 0 Å². The molecule has 1 aliphatic rings. The maximum atomic E-state index is 12.9. The number of hydrogen-bond acceptors (Lipinski definition) is 7. The molecule has 1 heterocycles. The van der Waals surface area contributed by atoms with Gasteiger partial charge in [0, 0.05) is 49.6 Å². The van der Waals surface area contributed by atoms with E-state index in [1.165, 1.54) is 30.5 Å². The van der Waals surface area contributed by atoms with Gasteiger partial charge in [-0.1, -0.05) is 18.2 Å². The molecule has 0 spiro atoms. The number of hydrogen-bond donors (Lipinski definition) is 1. The summed E-state index contributed by atoms with van der Waals surface area (Å²) in [6.07, 6.45) is 2.84. The zero-order chi connectivity index (χ0) is 24.7. The van der Waals surface area contributed by atoms with Gasteiger partial charge in [-0.05, 0) is 44.9 Å². The van der Waals surface area contributed by atoms with Gasteiger partial charge < -0.3 is 9.80 Å². The maximum Gasteiger partial charge on any atom is 0.276 e. The fraction of sp³-hybridized carbons (Fsp3) is 0.391. The molecule has 0 aromatic heterocycles. The average molecular weight is 488 g/mol. The van der Waals surface area contributed by atoms with Gasteiger partial charge in [0.2, 0.25) is 5.91 Å². The topological polar surface area (TPSA) is 125 Å². The van der Waals surface area contributed by atoms with E-state index in [1.54, 1.807) is 24.3 Å². The van der Waals surface area contributed by atoms with Gasteiger partial charge in [-0.2, -0.15) is 13.5 Å². The van der Waals surface area contributed by atoms with Crippen LogP contribution in [0.1, 0.15) is 32.3 Å². The highest BCUT2D eigenvalue weighted by Crippen LogP contribution is 2.29. The summed E-state index contributed by atoms with van der Waals surface area (Å²) < 4.78 is 24.9. The Kier molecular flexibility index (Phi) is 8.21. The average Bonchev–Trinajstić information content (AvgIpc) is 2.85. The molecule has 0 saturated carbocycles. The lowest BCUT2D eigenvalue weighted by Crippen LogP contribution is -2.45. The Morgan fingerprint density at radius 3 is 2.59 bits per heavy atom. The number of anilines is 1. The summed E-state index contributed by atoms with van der Waals surface area (Å²) in [4.78, 5) is 29.7. The van der Waals surface area contributed by atoms with Crippen LogP contribution in [-0.2, 0) is 14.8 Å². The Labute approximate surface area is 199 Å². The molecule has 1 fully saturated rings. The summed E-state index contributed by atoms with van der Waals surface area (Å²) in [5, 5.41) is 15.2. The first kappa shape index (κ1) is 25.2. The highest BCUT2D eigenvalue weighted by atomic mass is 32.2. The molecule has 1 saturated heterocycles. The van der Waals surface area contributed by atoms with Crippen LogP contribution in [0.2, 0.25) is 0 Å². The first-order valence-electron chi connectivity index (χ1n) is 11.2. The first-order chi connectivity index (χ1) is 16.3. The Hall–Kier alpha value is -3.47. The van der Waals surface area contributed by atoms with Crippen molar-refractivity contribution in [2.45, 2.75) is 31.6 Å². The lowest BCUT2D eigenvalue weighted by Gasteiger charge is -2.36. The Morgan fingerprint density at radius 2 is 1.94 bits per heavy atom. The molecule has 1 N–H and O–H groups in total. The number of nitro groups is 1.